The highest BCUT2D eigenvalue weighted by Gasteiger charge is 2.12. The van der Waals surface area contributed by atoms with Crippen LogP contribution in [-0.2, 0) is 0 Å². The van der Waals surface area contributed by atoms with Crippen molar-refractivity contribution in [1.29, 1.82) is 0 Å². The standard InChI is InChI=1S/C11H14ClN3/c12-10-5-4-9(7-14-10)8-15-6-2-1-3-11(15)13/h1-7,10-11,14H,8,13H2. The molecular weight excluding hydrogens is 210 g/mol. The lowest BCUT2D eigenvalue weighted by atomic mass is 10.2. The van der Waals surface area contributed by atoms with E-state index < -0.39 is 0 Å². The minimum atomic E-state index is -0.0979. The zero-order chi connectivity index (χ0) is 10.7. The van der Waals surface area contributed by atoms with Crippen LogP contribution in [0.4, 0.5) is 0 Å². The van der Waals surface area contributed by atoms with Crippen molar-refractivity contribution in [2.24, 2.45) is 5.73 Å². The maximum Gasteiger partial charge on any atom is 0.120 e. The van der Waals surface area contributed by atoms with Gasteiger partial charge in [0.2, 0.25) is 0 Å². The van der Waals surface area contributed by atoms with Crippen molar-refractivity contribution >= 4 is 11.6 Å². The average molecular weight is 224 g/mol. The van der Waals surface area contributed by atoms with Crippen molar-refractivity contribution in [2.75, 3.05) is 6.54 Å². The Bertz CT molecular complexity index is 344. The van der Waals surface area contributed by atoms with Gasteiger partial charge in [-0.3, -0.25) is 0 Å². The van der Waals surface area contributed by atoms with E-state index in [1.54, 1.807) is 0 Å². The van der Waals surface area contributed by atoms with Gasteiger partial charge < -0.3 is 16.0 Å². The number of rotatable bonds is 2. The number of hydrogen-bond acceptors (Lipinski definition) is 3. The van der Waals surface area contributed by atoms with E-state index >= 15 is 0 Å². The zero-order valence-electron chi connectivity index (χ0n) is 8.31. The normalized spacial score (nSPS) is 28.9. The Morgan fingerprint density at radius 3 is 2.93 bits per heavy atom. The minimum absolute atomic E-state index is 0.0435. The Hall–Kier alpha value is -1.19. The highest BCUT2D eigenvalue weighted by atomic mass is 35.5. The molecule has 0 aromatic rings. The second kappa shape index (κ2) is 4.55. The van der Waals surface area contributed by atoms with Crippen LogP contribution in [0, 0.1) is 0 Å². The first-order chi connectivity index (χ1) is 7.25. The average Bonchev–Trinajstić information content (AvgIpc) is 2.25. The molecular formula is C11H14ClN3. The summed E-state index contributed by atoms with van der Waals surface area (Å²) in [5.74, 6) is 0. The lowest BCUT2D eigenvalue weighted by Gasteiger charge is -2.28. The van der Waals surface area contributed by atoms with Gasteiger partial charge in [-0.1, -0.05) is 23.8 Å². The van der Waals surface area contributed by atoms with Crippen molar-refractivity contribution in [1.82, 2.24) is 10.2 Å². The molecule has 2 atom stereocenters. The predicted molar refractivity (Wildman–Crippen MR) is 63.0 cm³/mol. The molecule has 2 rings (SSSR count). The van der Waals surface area contributed by atoms with Crippen molar-refractivity contribution in [3.05, 3.63) is 48.4 Å². The molecule has 15 heavy (non-hydrogen) atoms. The summed E-state index contributed by atoms with van der Waals surface area (Å²) < 4.78 is 0. The van der Waals surface area contributed by atoms with Gasteiger partial charge in [0.1, 0.15) is 5.50 Å². The van der Waals surface area contributed by atoms with Gasteiger partial charge >= 0.3 is 0 Å². The van der Waals surface area contributed by atoms with Crippen LogP contribution in [-0.4, -0.2) is 23.1 Å². The molecule has 0 saturated carbocycles. The molecule has 80 valence electrons. The lowest BCUT2D eigenvalue weighted by molar-refractivity contribution is 0.348. The van der Waals surface area contributed by atoms with E-state index in [0.29, 0.717) is 0 Å². The third-order valence-corrected chi connectivity index (χ3v) is 2.62. The fourth-order valence-electron chi connectivity index (χ4n) is 1.51. The number of nitrogens with two attached hydrogens (primary N) is 1. The molecule has 0 bridgehead atoms. The van der Waals surface area contributed by atoms with E-state index in [4.69, 9.17) is 17.3 Å². The molecule has 0 aromatic carbocycles. The van der Waals surface area contributed by atoms with E-state index in [1.807, 2.05) is 42.8 Å². The first kappa shape index (κ1) is 10.3. The maximum absolute atomic E-state index is 5.91. The molecule has 3 nitrogen and oxygen atoms in total. The summed E-state index contributed by atoms with van der Waals surface area (Å²) >= 11 is 5.85. The minimum Gasteiger partial charge on any atom is -0.372 e. The molecule has 0 aliphatic carbocycles. The van der Waals surface area contributed by atoms with E-state index in [-0.39, 0.29) is 11.7 Å². The van der Waals surface area contributed by atoms with Crippen LogP contribution in [0.3, 0.4) is 0 Å². The van der Waals surface area contributed by atoms with Gasteiger partial charge in [-0.2, -0.15) is 0 Å². The van der Waals surface area contributed by atoms with Crippen molar-refractivity contribution < 1.29 is 0 Å². The lowest BCUT2D eigenvalue weighted by Crippen LogP contribution is -2.39. The van der Waals surface area contributed by atoms with Crippen molar-refractivity contribution in [3.63, 3.8) is 0 Å². The summed E-state index contributed by atoms with van der Waals surface area (Å²) in [6.45, 7) is 0.787. The number of nitrogens with one attached hydrogen (secondary N) is 1. The summed E-state index contributed by atoms with van der Waals surface area (Å²) in [4.78, 5) is 2.06. The SMILES string of the molecule is NC1C=CC=CN1CC1=CNC(Cl)C=C1. The third kappa shape index (κ3) is 2.64. The topological polar surface area (TPSA) is 41.3 Å². The molecule has 2 aliphatic heterocycles. The summed E-state index contributed by atoms with van der Waals surface area (Å²) in [5.41, 5.74) is 6.98. The summed E-state index contributed by atoms with van der Waals surface area (Å²) in [5, 5.41) is 3.04. The van der Waals surface area contributed by atoms with Gasteiger partial charge in [0.25, 0.3) is 0 Å². The van der Waals surface area contributed by atoms with Gasteiger partial charge in [-0.15, -0.1) is 0 Å². The Morgan fingerprint density at radius 2 is 2.27 bits per heavy atom. The Morgan fingerprint density at radius 1 is 1.40 bits per heavy atom. The van der Waals surface area contributed by atoms with Crippen LogP contribution >= 0.6 is 11.6 Å². The van der Waals surface area contributed by atoms with Gasteiger partial charge in [0.05, 0.1) is 6.17 Å². The van der Waals surface area contributed by atoms with Crippen LogP contribution < -0.4 is 11.1 Å². The molecule has 2 heterocycles. The second-order valence-electron chi connectivity index (χ2n) is 3.54. The second-order valence-corrected chi connectivity index (χ2v) is 4.01. The van der Waals surface area contributed by atoms with Crippen LogP contribution in [0.1, 0.15) is 0 Å². The van der Waals surface area contributed by atoms with Crippen molar-refractivity contribution in [2.45, 2.75) is 11.7 Å². The molecule has 0 fully saturated rings. The van der Waals surface area contributed by atoms with Gasteiger partial charge in [0, 0.05) is 18.9 Å². The van der Waals surface area contributed by atoms with Crippen LogP contribution in [0.5, 0.6) is 0 Å². The Kier molecular flexibility index (Phi) is 3.14. The van der Waals surface area contributed by atoms with Gasteiger partial charge in [-0.05, 0) is 23.8 Å². The van der Waals surface area contributed by atoms with Crippen LogP contribution in [0.25, 0.3) is 0 Å². The summed E-state index contributed by atoms with van der Waals surface area (Å²) in [6, 6.07) is 0. The third-order valence-electron chi connectivity index (χ3n) is 2.35. The zero-order valence-corrected chi connectivity index (χ0v) is 9.06. The monoisotopic (exact) mass is 223 g/mol. The summed E-state index contributed by atoms with van der Waals surface area (Å²) in [6.07, 6.45) is 13.7. The van der Waals surface area contributed by atoms with E-state index in [2.05, 4.69) is 10.2 Å². The molecule has 2 aliphatic rings. The van der Waals surface area contributed by atoms with Gasteiger partial charge in [-0.25, -0.2) is 0 Å². The fourth-order valence-corrected chi connectivity index (χ4v) is 1.65. The van der Waals surface area contributed by atoms with Gasteiger partial charge in [0.15, 0.2) is 0 Å². The first-order valence-corrected chi connectivity index (χ1v) is 5.33. The fraction of sp³-hybridized carbons (Fsp3) is 0.273. The maximum atomic E-state index is 5.91. The molecule has 2 unspecified atom stereocenters. The van der Waals surface area contributed by atoms with Crippen LogP contribution in [0.15, 0.2) is 48.4 Å². The van der Waals surface area contributed by atoms with E-state index in [0.717, 1.165) is 6.54 Å². The summed E-state index contributed by atoms with van der Waals surface area (Å²) in [7, 11) is 0. The smallest absolute Gasteiger partial charge is 0.120 e. The molecule has 0 saturated heterocycles. The molecule has 0 spiro atoms. The quantitative estimate of drug-likeness (QED) is 0.547. The highest BCUT2D eigenvalue weighted by Crippen LogP contribution is 2.11. The largest absolute Gasteiger partial charge is 0.372 e. The number of alkyl halides is 1. The molecule has 0 aromatic heterocycles. The molecule has 4 heteroatoms. The van der Waals surface area contributed by atoms with Crippen LogP contribution in [0.2, 0.25) is 0 Å². The number of hydrogen-bond donors (Lipinski definition) is 2. The molecule has 0 amide bonds. The van der Waals surface area contributed by atoms with E-state index in [1.165, 1.54) is 5.57 Å². The van der Waals surface area contributed by atoms with Crippen molar-refractivity contribution in [3.8, 4) is 0 Å². The predicted octanol–water partition coefficient (Wildman–Crippen LogP) is 1.26. The first-order valence-electron chi connectivity index (χ1n) is 4.89. The Labute approximate surface area is 94.6 Å². The number of allylic oxidation sites excluding steroid dienone is 2. The highest BCUT2D eigenvalue weighted by molar-refractivity contribution is 6.21. The number of nitrogens with zero attached hydrogens (tertiary/aromatic N) is 1. The Balaban J connectivity index is 1.95. The number of dihydropyridines is 1. The molecule has 3 N–H and O–H groups in total. The number of halogens is 1. The molecule has 0 radical (unpaired) electrons. The van der Waals surface area contributed by atoms with E-state index in [9.17, 15) is 0 Å².